The van der Waals surface area contributed by atoms with Crippen LogP contribution in [0.5, 0.6) is 0 Å². The Morgan fingerprint density at radius 3 is 2.71 bits per heavy atom. The first-order chi connectivity index (χ1) is 7.98. The molecule has 0 radical (unpaired) electrons. The van der Waals surface area contributed by atoms with Gasteiger partial charge in [-0.15, -0.1) is 11.3 Å². The van der Waals surface area contributed by atoms with E-state index in [9.17, 15) is 9.59 Å². The molecule has 0 fully saturated rings. The summed E-state index contributed by atoms with van der Waals surface area (Å²) in [5.74, 6) is -1.04. The van der Waals surface area contributed by atoms with Gasteiger partial charge in [-0.2, -0.15) is 0 Å². The van der Waals surface area contributed by atoms with Gasteiger partial charge < -0.3 is 15.7 Å². The molecule has 1 aromatic heterocycles. The van der Waals surface area contributed by atoms with Crippen molar-refractivity contribution < 1.29 is 14.7 Å². The third-order valence-corrected chi connectivity index (χ3v) is 3.45. The van der Waals surface area contributed by atoms with Gasteiger partial charge in [-0.1, -0.05) is 13.0 Å². The average Bonchev–Trinajstić information content (AvgIpc) is 2.78. The Morgan fingerprint density at radius 2 is 2.24 bits per heavy atom. The van der Waals surface area contributed by atoms with E-state index in [4.69, 9.17) is 5.11 Å². The molecule has 0 aliphatic carbocycles. The van der Waals surface area contributed by atoms with Gasteiger partial charge in [0.15, 0.2) is 0 Å². The molecule has 0 saturated heterocycles. The molecule has 1 unspecified atom stereocenters. The largest absolute Gasteiger partial charge is 0.480 e. The number of rotatable bonds is 5. The number of hydrogen-bond acceptors (Lipinski definition) is 3. The molecule has 5 nitrogen and oxygen atoms in total. The molecule has 1 heterocycles. The van der Waals surface area contributed by atoms with E-state index >= 15 is 0 Å². The molecule has 1 atom stereocenters. The highest BCUT2D eigenvalue weighted by Crippen LogP contribution is 2.10. The SMILES string of the molecule is CCC(C)(NC(=O)NCc1cccs1)C(=O)O. The first-order valence-electron chi connectivity index (χ1n) is 5.29. The van der Waals surface area contributed by atoms with Gasteiger partial charge in [0.05, 0.1) is 6.54 Å². The van der Waals surface area contributed by atoms with Crippen molar-refractivity contribution in [2.24, 2.45) is 0 Å². The maximum atomic E-state index is 11.5. The maximum Gasteiger partial charge on any atom is 0.329 e. The van der Waals surface area contributed by atoms with E-state index in [1.54, 1.807) is 6.92 Å². The number of carboxylic acids is 1. The number of carbonyl (C=O) groups is 2. The van der Waals surface area contributed by atoms with Crippen molar-refractivity contribution in [3.8, 4) is 0 Å². The zero-order valence-electron chi connectivity index (χ0n) is 9.82. The number of nitrogens with one attached hydrogen (secondary N) is 2. The lowest BCUT2D eigenvalue weighted by atomic mass is 10.00. The second-order valence-corrected chi connectivity index (χ2v) is 4.91. The Balaban J connectivity index is 2.46. The topological polar surface area (TPSA) is 78.4 Å². The molecule has 1 rings (SSSR count). The molecule has 0 aliphatic rings. The normalized spacial score (nSPS) is 13.8. The van der Waals surface area contributed by atoms with Gasteiger partial charge in [0.25, 0.3) is 0 Å². The summed E-state index contributed by atoms with van der Waals surface area (Å²) in [7, 11) is 0. The number of carboxylic acid groups (broad SMARTS) is 1. The quantitative estimate of drug-likeness (QED) is 0.751. The van der Waals surface area contributed by atoms with E-state index in [-0.39, 0.29) is 0 Å². The van der Waals surface area contributed by atoms with Crippen molar-refractivity contribution in [1.29, 1.82) is 0 Å². The lowest BCUT2D eigenvalue weighted by molar-refractivity contribution is -0.143. The Morgan fingerprint density at radius 1 is 1.53 bits per heavy atom. The predicted molar refractivity (Wildman–Crippen MR) is 66.0 cm³/mol. The molecule has 94 valence electrons. The molecule has 0 aliphatic heterocycles. The van der Waals surface area contributed by atoms with E-state index in [0.29, 0.717) is 13.0 Å². The van der Waals surface area contributed by atoms with Crippen LogP contribution in [0.4, 0.5) is 4.79 Å². The molecule has 0 bridgehead atoms. The lowest BCUT2D eigenvalue weighted by Gasteiger charge is -2.24. The molecular weight excluding hydrogens is 240 g/mol. The van der Waals surface area contributed by atoms with Crippen molar-refractivity contribution >= 4 is 23.3 Å². The summed E-state index contributed by atoms with van der Waals surface area (Å²) in [6, 6.07) is 3.33. The van der Waals surface area contributed by atoms with E-state index in [0.717, 1.165) is 4.88 Å². The lowest BCUT2D eigenvalue weighted by Crippen LogP contribution is -2.54. The van der Waals surface area contributed by atoms with Crippen molar-refractivity contribution in [1.82, 2.24) is 10.6 Å². The molecule has 0 spiro atoms. The van der Waals surface area contributed by atoms with Crippen LogP contribution >= 0.6 is 11.3 Å². The van der Waals surface area contributed by atoms with Crippen LogP contribution in [-0.4, -0.2) is 22.6 Å². The smallest absolute Gasteiger partial charge is 0.329 e. The van der Waals surface area contributed by atoms with Crippen molar-refractivity contribution in [2.75, 3.05) is 0 Å². The fourth-order valence-corrected chi connectivity index (χ4v) is 1.81. The highest BCUT2D eigenvalue weighted by atomic mass is 32.1. The summed E-state index contributed by atoms with van der Waals surface area (Å²) in [6.07, 6.45) is 0.328. The fourth-order valence-electron chi connectivity index (χ4n) is 1.17. The molecule has 6 heteroatoms. The number of aliphatic carboxylic acids is 1. The van der Waals surface area contributed by atoms with Crippen LogP contribution in [0, 0.1) is 0 Å². The van der Waals surface area contributed by atoms with E-state index < -0.39 is 17.5 Å². The Labute approximate surface area is 104 Å². The second kappa shape index (κ2) is 5.67. The number of carbonyl (C=O) groups excluding carboxylic acids is 1. The highest BCUT2D eigenvalue weighted by Gasteiger charge is 2.32. The predicted octanol–water partition coefficient (Wildman–Crippen LogP) is 1.80. The summed E-state index contributed by atoms with van der Waals surface area (Å²) in [4.78, 5) is 23.5. The van der Waals surface area contributed by atoms with Crippen molar-refractivity contribution in [2.45, 2.75) is 32.4 Å². The van der Waals surface area contributed by atoms with Crippen LogP contribution in [0.3, 0.4) is 0 Å². The first-order valence-corrected chi connectivity index (χ1v) is 6.17. The maximum absolute atomic E-state index is 11.5. The summed E-state index contributed by atoms with van der Waals surface area (Å²) in [5.41, 5.74) is -1.22. The van der Waals surface area contributed by atoms with Gasteiger partial charge >= 0.3 is 12.0 Å². The molecule has 2 amide bonds. The number of thiophene rings is 1. The van der Waals surface area contributed by atoms with Crippen LogP contribution in [-0.2, 0) is 11.3 Å². The summed E-state index contributed by atoms with van der Waals surface area (Å²) < 4.78 is 0. The van der Waals surface area contributed by atoms with E-state index in [1.165, 1.54) is 18.3 Å². The number of amides is 2. The minimum absolute atomic E-state index is 0.328. The average molecular weight is 256 g/mol. The number of hydrogen-bond donors (Lipinski definition) is 3. The van der Waals surface area contributed by atoms with Crippen molar-refractivity contribution in [3.05, 3.63) is 22.4 Å². The van der Waals surface area contributed by atoms with E-state index in [1.807, 2.05) is 17.5 Å². The summed E-state index contributed by atoms with van der Waals surface area (Å²) in [5, 5.41) is 16.0. The monoisotopic (exact) mass is 256 g/mol. The summed E-state index contributed by atoms with van der Waals surface area (Å²) in [6.45, 7) is 3.61. The molecule has 3 N–H and O–H groups in total. The summed E-state index contributed by atoms with van der Waals surface area (Å²) >= 11 is 1.54. The van der Waals surface area contributed by atoms with Gasteiger partial charge in [0, 0.05) is 4.88 Å². The molecule has 0 saturated carbocycles. The Kier molecular flexibility index (Phi) is 4.51. The van der Waals surface area contributed by atoms with Gasteiger partial charge in [0.2, 0.25) is 0 Å². The van der Waals surface area contributed by atoms with Crippen molar-refractivity contribution in [3.63, 3.8) is 0 Å². The second-order valence-electron chi connectivity index (χ2n) is 3.88. The van der Waals surface area contributed by atoms with Crippen LogP contribution in [0.2, 0.25) is 0 Å². The minimum Gasteiger partial charge on any atom is -0.480 e. The molecule has 1 aromatic rings. The van der Waals surface area contributed by atoms with E-state index in [2.05, 4.69) is 10.6 Å². The van der Waals surface area contributed by atoms with Gasteiger partial charge in [0.1, 0.15) is 5.54 Å². The zero-order valence-corrected chi connectivity index (χ0v) is 10.6. The first kappa shape index (κ1) is 13.5. The van der Waals surface area contributed by atoms with Gasteiger partial charge in [-0.3, -0.25) is 0 Å². The third kappa shape index (κ3) is 3.74. The van der Waals surface area contributed by atoms with Crippen LogP contribution in [0.1, 0.15) is 25.1 Å². The highest BCUT2D eigenvalue weighted by molar-refractivity contribution is 7.09. The van der Waals surface area contributed by atoms with Gasteiger partial charge in [-0.25, -0.2) is 9.59 Å². The molecule has 17 heavy (non-hydrogen) atoms. The zero-order chi connectivity index (χ0) is 12.9. The van der Waals surface area contributed by atoms with Crippen LogP contribution in [0.15, 0.2) is 17.5 Å². The van der Waals surface area contributed by atoms with Crippen LogP contribution < -0.4 is 10.6 Å². The van der Waals surface area contributed by atoms with Crippen LogP contribution in [0.25, 0.3) is 0 Å². The molecule has 0 aromatic carbocycles. The Hall–Kier alpha value is -1.56. The fraction of sp³-hybridized carbons (Fsp3) is 0.455. The standard InChI is InChI=1S/C11H16N2O3S/c1-3-11(2,9(14)15)13-10(16)12-7-8-5-4-6-17-8/h4-6H,3,7H2,1-2H3,(H,14,15)(H2,12,13,16). The molecular formula is C11H16N2O3S. The van der Waals surface area contributed by atoms with Gasteiger partial charge in [-0.05, 0) is 24.8 Å². The minimum atomic E-state index is -1.22. The Bertz CT molecular complexity index is 391. The number of urea groups is 1. The third-order valence-electron chi connectivity index (χ3n) is 2.57.